The third-order valence-corrected chi connectivity index (χ3v) is 3.46. The number of quaternary nitrogens is 1. The molecule has 1 rings (SSSR count). The van der Waals surface area contributed by atoms with Crippen LogP contribution in [0.15, 0.2) is 0 Å². The van der Waals surface area contributed by atoms with E-state index in [0.717, 1.165) is 18.9 Å². The molecule has 0 radical (unpaired) electrons. The fourth-order valence-corrected chi connectivity index (χ4v) is 2.15. The van der Waals surface area contributed by atoms with Gasteiger partial charge in [0.05, 0.1) is 33.3 Å². The number of halogens is 1. The summed E-state index contributed by atoms with van der Waals surface area (Å²) in [5, 5.41) is 0. The molecule has 17 heavy (non-hydrogen) atoms. The van der Waals surface area contributed by atoms with Gasteiger partial charge in [0, 0.05) is 19.3 Å². The molecule has 0 aromatic heterocycles. The first-order valence-corrected chi connectivity index (χ1v) is 6.54. The van der Waals surface area contributed by atoms with Crippen molar-refractivity contribution in [2.24, 2.45) is 0 Å². The lowest BCUT2D eigenvalue weighted by Crippen LogP contribution is -3.00. The number of esters is 1. The third kappa shape index (κ3) is 7.24. The lowest BCUT2D eigenvalue weighted by molar-refractivity contribution is -0.901. The van der Waals surface area contributed by atoms with Crippen LogP contribution in [0, 0.1) is 0 Å². The zero-order chi connectivity index (χ0) is 12.0. The SMILES string of the molecule is CCOC(=O)CCCCC[N+](C)(C)C1CC1.[I-]. The molecule has 0 atom stereocenters. The van der Waals surface area contributed by atoms with Crippen molar-refractivity contribution in [2.45, 2.75) is 51.5 Å². The number of carbonyl (C=O) groups excluding carboxylic acids is 1. The van der Waals surface area contributed by atoms with Crippen LogP contribution in [0.1, 0.15) is 45.4 Å². The highest BCUT2D eigenvalue weighted by molar-refractivity contribution is 5.69. The number of unbranched alkanes of at least 4 members (excludes halogenated alkanes) is 2. The van der Waals surface area contributed by atoms with Crippen molar-refractivity contribution in [3.8, 4) is 0 Å². The molecule has 1 saturated carbocycles. The van der Waals surface area contributed by atoms with Gasteiger partial charge in [-0.05, 0) is 26.2 Å². The van der Waals surface area contributed by atoms with Gasteiger partial charge in [0.1, 0.15) is 0 Å². The molecule has 1 aliphatic carbocycles. The van der Waals surface area contributed by atoms with Crippen molar-refractivity contribution in [1.82, 2.24) is 0 Å². The van der Waals surface area contributed by atoms with Gasteiger partial charge >= 0.3 is 5.97 Å². The molecule has 0 bridgehead atoms. The molecule has 0 aromatic rings. The van der Waals surface area contributed by atoms with Gasteiger partial charge in [-0.2, -0.15) is 0 Å². The Morgan fingerprint density at radius 3 is 2.41 bits per heavy atom. The van der Waals surface area contributed by atoms with E-state index in [0.29, 0.717) is 13.0 Å². The van der Waals surface area contributed by atoms with E-state index in [1.807, 2.05) is 6.92 Å². The van der Waals surface area contributed by atoms with Crippen molar-refractivity contribution < 1.29 is 38.0 Å². The van der Waals surface area contributed by atoms with Gasteiger partial charge in [-0.15, -0.1) is 0 Å². The Hall–Kier alpha value is 0.160. The van der Waals surface area contributed by atoms with Gasteiger partial charge in [-0.1, -0.05) is 0 Å². The zero-order valence-electron chi connectivity index (χ0n) is 11.4. The number of hydrogen-bond donors (Lipinski definition) is 0. The monoisotopic (exact) mass is 355 g/mol. The number of ether oxygens (including phenoxy) is 1. The van der Waals surface area contributed by atoms with Gasteiger partial charge in [0.2, 0.25) is 0 Å². The summed E-state index contributed by atoms with van der Waals surface area (Å²) in [5.74, 6) is -0.0431. The molecule has 1 fully saturated rings. The quantitative estimate of drug-likeness (QED) is 0.251. The molecule has 3 nitrogen and oxygen atoms in total. The van der Waals surface area contributed by atoms with Crippen LogP contribution in [0.25, 0.3) is 0 Å². The maximum absolute atomic E-state index is 11.1. The Kier molecular flexibility index (Phi) is 8.37. The van der Waals surface area contributed by atoms with Crippen molar-refractivity contribution >= 4 is 5.97 Å². The minimum absolute atomic E-state index is 0. The van der Waals surface area contributed by atoms with Crippen molar-refractivity contribution in [2.75, 3.05) is 27.2 Å². The van der Waals surface area contributed by atoms with E-state index in [2.05, 4.69) is 14.1 Å². The summed E-state index contributed by atoms with van der Waals surface area (Å²) in [6.07, 6.45) is 6.73. The molecule has 0 N–H and O–H groups in total. The molecule has 0 aromatic carbocycles. The smallest absolute Gasteiger partial charge is 0.305 e. The molecule has 0 saturated heterocycles. The summed E-state index contributed by atoms with van der Waals surface area (Å²) in [6.45, 7) is 3.60. The molecule has 0 aliphatic heterocycles. The van der Waals surface area contributed by atoms with Gasteiger partial charge in [-0.3, -0.25) is 4.79 Å². The second kappa shape index (κ2) is 8.29. The van der Waals surface area contributed by atoms with Crippen LogP contribution in [0.2, 0.25) is 0 Å². The highest BCUT2D eigenvalue weighted by atomic mass is 127. The van der Waals surface area contributed by atoms with Gasteiger partial charge in [-0.25, -0.2) is 0 Å². The minimum Gasteiger partial charge on any atom is -1.00 e. The third-order valence-electron chi connectivity index (χ3n) is 3.46. The van der Waals surface area contributed by atoms with Crippen molar-refractivity contribution in [1.29, 1.82) is 0 Å². The van der Waals surface area contributed by atoms with Gasteiger partial charge in [0.25, 0.3) is 0 Å². The van der Waals surface area contributed by atoms with Crippen LogP contribution < -0.4 is 24.0 Å². The highest BCUT2D eigenvalue weighted by Crippen LogP contribution is 2.30. The van der Waals surface area contributed by atoms with Crippen molar-refractivity contribution in [3.63, 3.8) is 0 Å². The number of carbonyl (C=O) groups is 1. The normalized spacial score (nSPS) is 15.2. The molecule has 0 heterocycles. The van der Waals surface area contributed by atoms with Crippen LogP contribution in [0.5, 0.6) is 0 Å². The van der Waals surface area contributed by atoms with Crippen molar-refractivity contribution in [3.05, 3.63) is 0 Å². The molecule has 0 unspecified atom stereocenters. The fraction of sp³-hybridized carbons (Fsp3) is 0.923. The van der Waals surface area contributed by atoms with E-state index >= 15 is 0 Å². The van der Waals surface area contributed by atoms with E-state index in [-0.39, 0.29) is 29.9 Å². The Morgan fingerprint density at radius 2 is 1.88 bits per heavy atom. The standard InChI is InChI=1S/C13H26NO2.HI/c1-4-16-13(15)8-6-5-7-11-14(2,3)12-9-10-12;/h12H,4-11H2,1-3H3;1H/q+1;/p-1. The highest BCUT2D eigenvalue weighted by Gasteiger charge is 2.37. The van der Waals surface area contributed by atoms with Crippen LogP contribution in [0.3, 0.4) is 0 Å². The van der Waals surface area contributed by atoms with Crippen LogP contribution >= 0.6 is 0 Å². The number of rotatable bonds is 8. The summed E-state index contributed by atoms with van der Waals surface area (Å²) < 4.78 is 6.06. The Bertz CT molecular complexity index is 227. The maximum atomic E-state index is 11.1. The molecular weight excluding hydrogens is 329 g/mol. The Balaban J connectivity index is 0.00000256. The topological polar surface area (TPSA) is 26.3 Å². The largest absolute Gasteiger partial charge is 1.00 e. The van der Waals surface area contributed by atoms with E-state index in [9.17, 15) is 4.79 Å². The predicted octanol–water partition coefficient (Wildman–Crippen LogP) is -0.647. The number of hydrogen-bond acceptors (Lipinski definition) is 2. The Morgan fingerprint density at radius 1 is 1.24 bits per heavy atom. The summed E-state index contributed by atoms with van der Waals surface area (Å²) in [5.41, 5.74) is 0. The Labute approximate surface area is 123 Å². The predicted molar refractivity (Wildman–Crippen MR) is 65.1 cm³/mol. The van der Waals surface area contributed by atoms with Gasteiger partial charge < -0.3 is 33.2 Å². The first-order chi connectivity index (χ1) is 7.56. The molecule has 4 heteroatoms. The van der Waals surface area contributed by atoms with Gasteiger partial charge in [0.15, 0.2) is 0 Å². The van der Waals surface area contributed by atoms with E-state index < -0.39 is 0 Å². The van der Waals surface area contributed by atoms with E-state index in [1.165, 1.54) is 30.3 Å². The second-order valence-corrected chi connectivity index (χ2v) is 5.35. The average molecular weight is 355 g/mol. The van der Waals surface area contributed by atoms with Crippen LogP contribution in [-0.2, 0) is 9.53 Å². The lowest BCUT2D eigenvalue weighted by Gasteiger charge is -2.29. The summed E-state index contributed by atoms with van der Waals surface area (Å²) in [6, 6.07) is 0.907. The first-order valence-electron chi connectivity index (χ1n) is 6.54. The molecule has 102 valence electrons. The van der Waals surface area contributed by atoms with E-state index in [1.54, 1.807) is 0 Å². The molecule has 1 aliphatic rings. The molecule has 0 spiro atoms. The van der Waals surface area contributed by atoms with Crippen LogP contribution in [0.4, 0.5) is 0 Å². The number of nitrogens with zero attached hydrogens (tertiary/aromatic N) is 1. The average Bonchev–Trinajstić information content (AvgIpc) is 3.00. The second-order valence-electron chi connectivity index (χ2n) is 5.35. The zero-order valence-corrected chi connectivity index (χ0v) is 13.5. The summed E-state index contributed by atoms with van der Waals surface area (Å²) in [7, 11) is 4.64. The van der Waals surface area contributed by atoms with E-state index in [4.69, 9.17) is 4.74 Å². The maximum Gasteiger partial charge on any atom is 0.305 e. The summed E-state index contributed by atoms with van der Waals surface area (Å²) in [4.78, 5) is 11.1. The first kappa shape index (κ1) is 17.2. The minimum atomic E-state index is -0.0431. The molecular formula is C13H26INO2. The fourth-order valence-electron chi connectivity index (χ4n) is 2.15. The molecule has 0 amide bonds. The van der Waals surface area contributed by atoms with Crippen LogP contribution in [-0.4, -0.2) is 43.7 Å². The summed E-state index contributed by atoms with van der Waals surface area (Å²) >= 11 is 0. The lowest BCUT2D eigenvalue weighted by atomic mass is 10.2.